The van der Waals surface area contributed by atoms with E-state index >= 15 is 0 Å². The van der Waals surface area contributed by atoms with Crippen molar-refractivity contribution in [1.29, 1.82) is 0 Å². The average molecular weight is 230 g/mol. The lowest BCUT2D eigenvalue weighted by Gasteiger charge is -2.04. The second-order valence-electron chi connectivity index (χ2n) is 3.12. The lowest BCUT2D eigenvalue weighted by Crippen LogP contribution is -2.16. The first-order valence-electron chi connectivity index (χ1n) is 4.70. The van der Waals surface area contributed by atoms with Crippen LogP contribution in [0.1, 0.15) is 11.1 Å². The van der Waals surface area contributed by atoms with E-state index in [1.54, 1.807) is 0 Å². The zero-order chi connectivity index (χ0) is 10.2. The smallest absolute Gasteiger partial charge is 0.0474 e. The molecular formula is C11H16ClNS. The van der Waals surface area contributed by atoms with Gasteiger partial charge < -0.3 is 5.32 Å². The lowest BCUT2D eigenvalue weighted by atomic mass is 10.1. The maximum absolute atomic E-state index is 5.71. The van der Waals surface area contributed by atoms with Crippen LogP contribution in [0.5, 0.6) is 0 Å². The van der Waals surface area contributed by atoms with E-state index in [0.29, 0.717) is 5.88 Å². The molecule has 0 heterocycles. The van der Waals surface area contributed by atoms with Crippen molar-refractivity contribution >= 4 is 23.4 Å². The number of hydrogen-bond acceptors (Lipinski definition) is 2. The minimum Gasteiger partial charge on any atom is -0.312 e. The Morgan fingerprint density at radius 3 is 2.43 bits per heavy atom. The fourth-order valence-electron chi connectivity index (χ4n) is 1.15. The molecule has 0 aliphatic rings. The highest BCUT2D eigenvalue weighted by Gasteiger charge is 1.93. The zero-order valence-electron chi connectivity index (χ0n) is 8.42. The molecule has 1 aromatic carbocycles. The first-order valence-corrected chi connectivity index (χ1v) is 6.63. The molecule has 0 amide bonds. The van der Waals surface area contributed by atoms with Crippen molar-refractivity contribution in [2.24, 2.45) is 0 Å². The molecule has 1 N–H and O–H groups in total. The summed E-state index contributed by atoms with van der Waals surface area (Å²) >= 11 is 7.57. The fourth-order valence-corrected chi connectivity index (χ4v) is 1.68. The van der Waals surface area contributed by atoms with Gasteiger partial charge in [0.2, 0.25) is 0 Å². The summed E-state index contributed by atoms with van der Waals surface area (Å²) in [5, 5.41) is 3.39. The van der Waals surface area contributed by atoms with Crippen molar-refractivity contribution in [2.75, 3.05) is 18.6 Å². The molecule has 1 aromatic rings. The van der Waals surface area contributed by atoms with Crippen LogP contribution in [-0.4, -0.2) is 18.6 Å². The Morgan fingerprint density at radius 2 is 1.86 bits per heavy atom. The normalized spacial score (nSPS) is 10.4. The molecule has 0 aliphatic heterocycles. The van der Waals surface area contributed by atoms with Crippen LogP contribution in [0, 0.1) is 0 Å². The first-order chi connectivity index (χ1) is 6.86. The number of halogens is 1. The van der Waals surface area contributed by atoms with Gasteiger partial charge in [0.15, 0.2) is 0 Å². The van der Waals surface area contributed by atoms with E-state index in [4.69, 9.17) is 11.6 Å². The Labute approximate surface area is 95.2 Å². The molecule has 0 fully saturated rings. The minimum absolute atomic E-state index is 0.597. The summed E-state index contributed by atoms with van der Waals surface area (Å²) in [5.74, 6) is 1.76. The maximum Gasteiger partial charge on any atom is 0.0474 e. The van der Waals surface area contributed by atoms with Gasteiger partial charge in [0.05, 0.1) is 0 Å². The first kappa shape index (κ1) is 11.9. The Bertz CT molecular complexity index is 248. The van der Waals surface area contributed by atoms with E-state index in [0.717, 1.165) is 13.1 Å². The maximum atomic E-state index is 5.71. The fraction of sp³-hybridized carbons (Fsp3) is 0.455. The summed E-state index contributed by atoms with van der Waals surface area (Å²) in [6, 6.07) is 8.42. The van der Waals surface area contributed by atoms with Gasteiger partial charge in [-0.05, 0) is 17.4 Å². The quantitative estimate of drug-likeness (QED) is 0.595. The van der Waals surface area contributed by atoms with Crippen molar-refractivity contribution < 1.29 is 0 Å². The lowest BCUT2D eigenvalue weighted by molar-refractivity contribution is 0.732. The van der Waals surface area contributed by atoms with Gasteiger partial charge in [0, 0.05) is 24.7 Å². The van der Waals surface area contributed by atoms with Crippen LogP contribution < -0.4 is 5.32 Å². The molecule has 1 rings (SSSR count). The molecule has 0 spiro atoms. The van der Waals surface area contributed by atoms with Crippen LogP contribution >= 0.6 is 23.4 Å². The molecule has 0 saturated heterocycles. The van der Waals surface area contributed by atoms with Gasteiger partial charge in [0.25, 0.3) is 0 Å². The number of rotatable bonds is 6. The predicted molar refractivity (Wildman–Crippen MR) is 66.1 cm³/mol. The number of alkyl halides is 1. The zero-order valence-corrected chi connectivity index (χ0v) is 10.00. The van der Waals surface area contributed by atoms with Gasteiger partial charge in [-0.3, -0.25) is 0 Å². The van der Waals surface area contributed by atoms with Crippen molar-refractivity contribution in [3.8, 4) is 0 Å². The molecule has 0 unspecified atom stereocenters. The highest BCUT2D eigenvalue weighted by molar-refractivity contribution is 7.98. The second kappa shape index (κ2) is 7.16. The van der Waals surface area contributed by atoms with Crippen molar-refractivity contribution in [3.05, 3.63) is 35.4 Å². The van der Waals surface area contributed by atoms with Crippen molar-refractivity contribution in [2.45, 2.75) is 12.4 Å². The summed E-state index contributed by atoms with van der Waals surface area (Å²) in [6.45, 7) is 2.02. The van der Waals surface area contributed by atoms with Gasteiger partial charge >= 0.3 is 0 Å². The van der Waals surface area contributed by atoms with Crippen LogP contribution in [0.3, 0.4) is 0 Å². The molecule has 0 aromatic heterocycles. The van der Waals surface area contributed by atoms with E-state index in [1.165, 1.54) is 16.9 Å². The third-order valence-corrected chi connectivity index (χ3v) is 2.91. The van der Waals surface area contributed by atoms with Gasteiger partial charge in [-0.25, -0.2) is 0 Å². The molecule has 14 heavy (non-hydrogen) atoms. The van der Waals surface area contributed by atoms with Crippen LogP contribution in [0.15, 0.2) is 24.3 Å². The number of benzene rings is 1. The highest BCUT2D eigenvalue weighted by atomic mass is 35.5. The van der Waals surface area contributed by atoms with Crippen LogP contribution in [-0.2, 0) is 12.4 Å². The molecule has 0 saturated carbocycles. The minimum atomic E-state index is 0.597. The molecule has 0 atom stereocenters. The highest BCUT2D eigenvalue weighted by Crippen LogP contribution is 2.06. The summed E-state index contributed by atoms with van der Waals surface area (Å²) in [4.78, 5) is 0. The van der Waals surface area contributed by atoms with Crippen molar-refractivity contribution in [3.63, 3.8) is 0 Å². The van der Waals surface area contributed by atoms with Gasteiger partial charge in [-0.2, -0.15) is 11.8 Å². The Morgan fingerprint density at radius 1 is 1.21 bits per heavy atom. The molecular weight excluding hydrogens is 214 g/mol. The van der Waals surface area contributed by atoms with E-state index < -0.39 is 0 Å². The molecule has 0 radical (unpaired) electrons. The molecule has 3 heteroatoms. The summed E-state index contributed by atoms with van der Waals surface area (Å²) in [7, 11) is 0. The van der Waals surface area contributed by atoms with Crippen molar-refractivity contribution in [1.82, 2.24) is 5.32 Å². The molecule has 1 nitrogen and oxygen atoms in total. The Hall–Kier alpha value is -0.180. The summed E-state index contributed by atoms with van der Waals surface area (Å²) in [5.41, 5.74) is 2.50. The SMILES string of the molecule is CSCCNCc1ccc(CCl)cc1. The van der Waals surface area contributed by atoms with Gasteiger partial charge in [0.1, 0.15) is 0 Å². The molecule has 0 aliphatic carbocycles. The second-order valence-corrected chi connectivity index (χ2v) is 4.37. The molecule has 78 valence electrons. The predicted octanol–water partition coefficient (Wildman–Crippen LogP) is 2.88. The Kier molecular flexibility index (Phi) is 6.08. The van der Waals surface area contributed by atoms with E-state index in [2.05, 4.69) is 35.8 Å². The number of hydrogen-bond donors (Lipinski definition) is 1. The van der Waals surface area contributed by atoms with Crippen LogP contribution in [0.2, 0.25) is 0 Å². The number of thioether (sulfide) groups is 1. The average Bonchev–Trinajstić information content (AvgIpc) is 2.25. The van der Waals surface area contributed by atoms with Gasteiger partial charge in [-0.1, -0.05) is 24.3 Å². The van der Waals surface area contributed by atoms with E-state index in [9.17, 15) is 0 Å². The summed E-state index contributed by atoms with van der Waals surface area (Å²) in [6.07, 6.45) is 2.12. The third kappa shape index (κ3) is 4.36. The Balaban J connectivity index is 2.29. The third-order valence-electron chi connectivity index (χ3n) is 1.99. The monoisotopic (exact) mass is 229 g/mol. The summed E-state index contributed by atoms with van der Waals surface area (Å²) < 4.78 is 0. The van der Waals surface area contributed by atoms with Crippen LogP contribution in [0.4, 0.5) is 0 Å². The van der Waals surface area contributed by atoms with E-state index in [1.807, 2.05) is 11.8 Å². The standard InChI is InChI=1S/C11H16ClNS/c1-14-7-6-13-9-11-4-2-10(8-12)3-5-11/h2-5,13H,6-9H2,1H3. The topological polar surface area (TPSA) is 12.0 Å². The molecule has 0 bridgehead atoms. The van der Waals surface area contributed by atoms with Crippen LogP contribution in [0.25, 0.3) is 0 Å². The number of nitrogens with one attached hydrogen (secondary N) is 1. The van der Waals surface area contributed by atoms with Gasteiger partial charge in [-0.15, -0.1) is 11.6 Å². The largest absolute Gasteiger partial charge is 0.312 e. The van der Waals surface area contributed by atoms with E-state index in [-0.39, 0.29) is 0 Å².